The summed E-state index contributed by atoms with van der Waals surface area (Å²) in [5.41, 5.74) is 3.55. The minimum atomic E-state index is -0.130. The summed E-state index contributed by atoms with van der Waals surface area (Å²) in [6, 6.07) is 8.59. The van der Waals surface area contributed by atoms with E-state index >= 15 is 0 Å². The summed E-state index contributed by atoms with van der Waals surface area (Å²) in [6.07, 6.45) is 8.16. The van der Waals surface area contributed by atoms with E-state index < -0.39 is 0 Å². The normalized spacial score (nSPS) is 23.1. The molecule has 1 saturated carbocycles. The number of hydrogen-bond acceptors (Lipinski definition) is 4. The van der Waals surface area contributed by atoms with E-state index in [9.17, 15) is 5.11 Å². The van der Waals surface area contributed by atoms with Crippen molar-refractivity contribution in [2.24, 2.45) is 0 Å². The maximum absolute atomic E-state index is 9.75. The Labute approximate surface area is 157 Å². The molecule has 1 aromatic heterocycles. The predicted octanol–water partition coefficient (Wildman–Crippen LogP) is 4.50. The van der Waals surface area contributed by atoms with Crippen LogP contribution in [0.2, 0.25) is 0 Å². The van der Waals surface area contributed by atoms with Crippen molar-refractivity contribution in [3.8, 4) is 11.4 Å². The summed E-state index contributed by atoms with van der Waals surface area (Å²) in [5.74, 6) is 1.82. The van der Waals surface area contributed by atoms with Gasteiger partial charge in [0.15, 0.2) is 5.82 Å². The van der Waals surface area contributed by atoms with Gasteiger partial charge in [-0.25, -0.2) is 9.97 Å². The SMILES string of the molecule is O[C@H]1CC[C@H](Nc2nc(-c3cccc(Br)c3)nc3c2CCCC3)CC1. The van der Waals surface area contributed by atoms with Gasteiger partial charge in [0.2, 0.25) is 0 Å². The van der Waals surface area contributed by atoms with E-state index in [1.807, 2.05) is 12.1 Å². The fourth-order valence-corrected chi connectivity index (χ4v) is 4.28. The molecule has 1 aromatic carbocycles. The molecule has 0 amide bonds. The van der Waals surface area contributed by atoms with Gasteiger partial charge in [-0.05, 0) is 63.5 Å². The summed E-state index contributed by atoms with van der Waals surface area (Å²) in [7, 11) is 0. The van der Waals surface area contributed by atoms with Gasteiger partial charge in [0.25, 0.3) is 0 Å². The van der Waals surface area contributed by atoms with Crippen molar-refractivity contribution in [2.45, 2.75) is 63.5 Å². The largest absolute Gasteiger partial charge is 0.393 e. The fourth-order valence-electron chi connectivity index (χ4n) is 3.88. The van der Waals surface area contributed by atoms with Gasteiger partial charge < -0.3 is 10.4 Å². The molecule has 0 atom stereocenters. The summed E-state index contributed by atoms with van der Waals surface area (Å²) < 4.78 is 1.04. The van der Waals surface area contributed by atoms with Crippen LogP contribution in [0.15, 0.2) is 28.7 Å². The Balaban J connectivity index is 1.68. The maximum atomic E-state index is 9.75. The maximum Gasteiger partial charge on any atom is 0.161 e. The average Bonchev–Trinajstić information content (AvgIpc) is 2.63. The summed E-state index contributed by atoms with van der Waals surface area (Å²) in [4.78, 5) is 9.78. The van der Waals surface area contributed by atoms with Crippen LogP contribution in [0.5, 0.6) is 0 Å². The number of nitrogens with zero attached hydrogens (tertiary/aromatic N) is 2. The quantitative estimate of drug-likeness (QED) is 0.794. The molecule has 5 heteroatoms. The van der Waals surface area contributed by atoms with Crippen LogP contribution in [-0.4, -0.2) is 27.2 Å². The lowest BCUT2D eigenvalue weighted by molar-refractivity contribution is 0.126. The number of rotatable bonds is 3. The number of aliphatic hydroxyl groups is 1. The van der Waals surface area contributed by atoms with E-state index in [1.165, 1.54) is 24.1 Å². The highest BCUT2D eigenvalue weighted by molar-refractivity contribution is 9.10. The molecule has 0 saturated heterocycles. The molecule has 132 valence electrons. The Kier molecular flexibility index (Phi) is 5.04. The number of anilines is 1. The molecule has 25 heavy (non-hydrogen) atoms. The molecule has 0 bridgehead atoms. The molecule has 0 radical (unpaired) electrons. The number of aliphatic hydroxyl groups excluding tert-OH is 1. The zero-order valence-corrected chi connectivity index (χ0v) is 15.9. The molecule has 2 aromatic rings. The lowest BCUT2D eigenvalue weighted by Gasteiger charge is -2.28. The second-order valence-electron chi connectivity index (χ2n) is 7.19. The van der Waals surface area contributed by atoms with Gasteiger partial charge in [-0.1, -0.05) is 28.1 Å². The number of aromatic nitrogens is 2. The smallest absolute Gasteiger partial charge is 0.161 e. The van der Waals surface area contributed by atoms with Crippen molar-refractivity contribution in [3.05, 3.63) is 40.0 Å². The molecule has 1 heterocycles. The van der Waals surface area contributed by atoms with Crippen LogP contribution in [0, 0.1) is 0 Å². The van der Waals surface area contributed by atoms with Crippen LogP contribution < -0.4 is 5.32 Å². The average molecular weight is 402 g/mol. The Morgan fingerprint density at radius 2 is 1.84 bits per heavy atom. The number of aryl methyl sites for hydroxylation is 1. The van der Waals surface area contributed by atoms with Crippen LogP contribution in [-0.2, 0) is 12.8 Å². The molecule has 0 spiro atoms. The van der Waals surface area contributed by atoms with Crippen LogP contribution in [0.3, 0.4) is 0 Å². The molecule has 4 rings (SSSR count). The highest BCUT2D eigenvalue weighted by Crippen LogP contribution is 2.31. The van der Waals surface area contributed by atoms with E-state index in [-0.39, 0.29) is 6.10 Å². The minimum Gasteiger partial charge on any atom is -0.393 e. The molecule has 0 aliphatic heterocycles. The summed E-state index contributed by atoms with van der Waals surface area (Å²) in [6.45, 7) is 0. The van der Waals surface area contributed by atoms with Gasteiger partial charge in [-0.15, -0.1) is 0 Å². The van der Waals surface area contributed by atoms with Crippen molar-refractivity contribution < 1.29 is 5.11 Å². The van der Waals surface area contributed by atoms with Crippen LogP contribution >= 0.6 is 15.9 Å². The van der Waals surface area contributed by atoms with Gasteiger partial charge in [0.1, 0.15) is 5.82 Å². The van der Waals surface area contributed by atoms with Crippen molar-refractivity contribution >= 4 is 21.7 Å². The lowest BCUT2D eigenvalue weighted by atomic mass is 9.92. The standard InChI is InChI=1S/C20H24BrN3O/c21-14-5-3-4-13(12-14)19-23-18-7-2-1-6-17(18)20(24-19)22-15-8-10-16(25)11-9-15/h3-5,12,15-16,25H,1-2,6-11H2,(H,22,23,24)/t15-,16-. The molecule has 0 unspecified atom stereocenters. The predicted molar refractivity (Wildman–Crippen MR) is 104 cm³/mol. The van der Waals surface area contributed by atoms with Gasteiger partial charge in [0, 0.05) is 27.3 Å². The van der Waals surface area contributed by atoms with Crippen LogP contribution in [0.1, 0.15) is 49.8 Å². The zero-order chi connectivity index (χ0) is 17.2. The Morgan fingerprint density at radius 1 is 1.04 bits per heavy atom. The third kappa shape index (κ3) is 3.87. The lowest BCUT2D eigenvalue weighted by Crippen LogP contribution is -2.29. The number of hydrogen-bond donors (Lipinski definition) is 2. The van der Waals surface area contributed by atoms with E-state index in [1.54, 1.807) is 0 Å². The monoisotopic (exact) mass is 401 g/mol. The fraction of sp³-hybridized carbons (Fsp3) is 0.500. The van der Waals surface area contributed by atoms with E-state index in [0.29, 0.717) is 6.04 Å². The summed E-state index contributed by atoms with van der Waals surface area (Å²) >= 11 is 3.54. The van der Waals surface area contributed by atoms with Crippen molar-refractivity contribution in [1.29, 1.82) is 0 Å². The molecule has 4 nitrogen and oxygen atoms in total. The first-order valence-electron chi connectivity index (χ1n) is 9.29. The third-order valence-electron chi connectivity index (χ3n) is 5.30. The second-order valence-corrected chi connectivity index (χ2v) is 8.10. The van der Waals surface area contributed by atoms with Gasteiger partial charge in [-0.2, -0.15) is 0 Å². The third-order valence-corrected chi connectivity index (χ3v) is 5.80. The number of fused-ring (bicyclic) bond motifs is 1. The molecule has 2 N–H and O–H groups in total. The van der Waals surface area contributed by atoms with E-state index in [0.717, 1.165) is 60.2 Å². The van der Waals surface area contributed by atoms with E-state index in [2.05, 4.69) is 33.4 Å². The molecular formula is C20H24BrN3O. The highest BCUT2D eigenvalue weighted by Gasteiger charge is 2.23. The van der Waals surface area contributed by atoms with Crippen molar-refractivity contribution in [3.63, 3.8) is 0 Å². The first-order chi connectivity index (χ1) is 12.2. The number of benzene rings is 1. The Morgan fingerprint density at radius 3 is 2.64 bits per heavy atom. The Bertz CT molecular complexity index is 757. The number of halogens is 1. The molecule has 2 aliphatic carbocycles. The van der Waals surface area contributed by atoms with Crippen LogP contribution in [0.25, 0.3) is 11.4 Å². The second kappa shape index (κ2) is 7.42. The Hall–Kier alpha value is -1.46. The molecule has 2 aliphatic rings. The first kappa shape index (κ1) is 17.0. The zero-order valence-electron chi connectivity index (χ0n) is 14.3. The van der Waals surface area contributed by atoms with Crippen molar-refractivity contribution in [1.82, 2.24) is 9.97 Å². The topological polar surface area (TPSA) is 58.0 Å². The molecular weight excluding hydrogens is 378 g/mol. The highest BCUT2D eigenvalue weighted by atomic mass is 79.9. The van der Waals surface area contributed by atoms with E-state index in [4.69, 9.17) is 9.97 Å². The van der Waals surface area contributed by atoms with Gasteiger partial charge in [0.05, 0.1) is 6.10 Å². The molecule has 1 fully saturated rings. The van der Waals surface area contributed by atoms with Crippen molar-refractivity contribution in [2.75, 3.05) is 5.32 Å². The number of nitrogens with one attached hydrogen (secondary N) is 1. The summed E-state index contributed by atoms with van der Waals surface area (Å²) in [5, 5.41) is 13.4. The minimum absolute atomic E-state index is 0.130. The van der Waals surface area contributed by atoms with Gasteiger partial charge >= 0.3 is 0 Å². The van der Waals surface area contributed by atoms with Crippen LogP contribution in [0.4, 0.5) is 5.82 Å². The first-order valence-corrected chi connectivity index (χ1v) is 10.1. The van der Waals surface area contributed by atoms with Gasteiger partial charge in [-0.3, -0.25) is 0 Å².